The molecule has 16 heavy (non-hydrogen) atoms. The van der Waals surface area contributed by atoms with Crippen molar-refractivity contribution in [3.63, 3.8) is 0 Å². The minimum Gasteiger partial charge on any atom is -0.258 e. The maximum atomic E-state index is 10.7. The Kier molecular flexibility index (Phi) is 4.89. The third-order valence-electron chi connectivity index (χ3n) is 1.94. The molecular weight excluding hydrogens is 295 g/mol. The molecular formula is C10H10BrClN2O2. The molecule has 0 saturated carbocycles. The molecule has 0 N–H and O–H groups in total. The summed E-state index contributed by atoms with van der Waals surface area (Å²) in [7, 11) is 0. The highest BCUT2D eigenvalue weighted by atomic mass is 79.9. The molecule has 0 amide bonds. The molecule has 0 fully saturated rings. The molecule has 1 aromatic heterocycles. The quantitative estimate of drug-likeness (QED) is 0.368. The molecule has 1 aromatic rings. The molecule has 0 aliphatic heterocycles. The van der Waals surface area contributed by atoms with E-state index in [4.69, 9.17) is 11.6 Å². The van der Waals surface area contributed by atoms with Crippen molar-refractivity contribution in [1.82, 2.24) is 4.98 Å². The number of halogens is 2. The number of pyridine rings is 1. The second-order valence-corrected chi connectivity index (χ2v) is 4.26. The van der Waals surface area contributed by atoms with Crippen LogP contribution in [-0.4, -0.2) is 15.2 Å². The van der Waals surface area contributed by atoms with E-state index in [0.717, 1.165) is 11.8 Å². The normalized spacial score (nSPS) is 10.9. The molecule has 1 rings (SSSR count). The van der Waals surface area contributed by atoms with Crippen LogP contribution in [0.3, 0.4) is 0 Å². The van der Waals surface area contributed by atoms with Crippen molar-refractivity contribution >= 4 is 39.3 Å². The van der Waals surface area contributed by atoms with Crippen LogP contribution >= 0.6 is 27.5 Å². The molecule has 86 valence electrons. The summed E-state index contributed by atoms with van der Waals surface area (Å²) in [5.74, 6) is 0. The van der Waals surface area contributed by atoms with Crippen LogP contribution in [-0.2, 0) is 0 Å². The molecule has 0 saturated heterocycles. The zero-order valence-electron chi connectivity index (χ0n) is 8.61. The molecule has 0 aliphatic rings. The molecule has 0 atom stereocenters. The summed E-state index contributed by atoms with van der Waals surface area (Å²) in [6.07, 6.45) is 4.46. The van der Waals surface area contributed by atoms with Gasteiger partial charge in [0.05, 0.1) is 4.92 Å². The molecule has 0 aromatic carbocycles. The lowest BCUT2D eigenvalue weighted by molar-refractivity contribution is -0.385. The minimum atomic E-state index is -0.458. The van der Waals surface area contributed by atoms with Crippen LogP contribution in [0, 0.1) is 17.0 Å². The van der Waals surface area contributed by atoms with Gasteiger partial charge in [-0.15, -0.1) is 0 Å². The van der Waals surface area contributed by atoms with Gasteiger partial charge in [0, 0.05) is 17.0 Å². The number of allylic oxidation sites excluding steroid dienone is 1. The van der Waals surface area contributed by atoms with E-state index in [0.29, 0.717) is 11.3 Å². The Morgan fingerprint density at radius 2 is 2.38 bits per heavy atom. The number of hydrogen-bond acceptors (Lipinski definition) is 3. The summed E-state index contributed by atoms with van der Waals surface area (Å²) in [6.45, 7) is 1.57. The van der Waals surface area contributed by atoms with Gasteiger partial charge in [-0.3, -0.25) is 10.1 Å². The predicted molar refractivity (Wildman–Crippen MR) is 68.1 cm³/mol. The van der Waals surface area contributed by atoms with Gasteiger partial charge >= 0.3 is 0 Å². The zero-order chi connectivity index (χ0) is 12.1. The third-order valence-corrected chi connectivity index (χ3v) is 2.70. The summed E-state index contributed by atoms with van der Waals surface area (Å²) in [5.41, 5.74) is 0.885. The monoisotopic (exact) mass is 304 g/mol. The van der Waals surface area contributed by atoms with E-state index in [-0.39, 0.29) is 10.8 Å². The summed E-state index contributed by atoms with van der Waals surface area (Å²) in [4.78, 5) is 14.2. The number of alkyl halides is 1. The summed E-state index contributed by atoms with van der Waals surface area (Å²) in [5, 5.41) is 11.8. The van der Waals surface area contributed by atoms with Gasteiger partial charge in [0.1, 0.15) is 10.8 Å². The maximum absolute atomic E-state index is 10.7. The van der Waals surface area contributed by atoms with Crippen LogP contribution < -0.4 is 0 Å². The number of rotatable bonds is 4. The van der Waals surface area contributed by atoms with Crippen LogP contribution in [0.25, 0.3) is 6.08 Å². The molecule has 1 heterocycles. The second-order valence-electron chi connectivity index (χ2n) is 3.11. The predicted octanol–water partition coefficient (Wildman–Crippen LogP) is 3.75. The summed E-state index contributed by atoms with van der Waals surface area (Å²) in [6, 6.07) is 1.44. The van der Waals surface area contributed by atoms with E-state index in [1.165, 1.54) is 6.07 Å². The summed E-state index contributed by atoms with van der Waals surface area (Å²) < 4.78 is 0. The number of aromatic nitrogens is 1. The number of nitrogens with zero attached hydrogens (tertiary/aromatic N) is 2. The van der Waals surface area contributed by atoms with Crippen molar-refractivity contribution < 1.29 is 4.92 Å². The number of hydrogen-bond donors (Lipinski definition) is 0. The first-order chi connectivity index (χ1) is 7.56. The van der Waals surface area contributed by atoms with E-state index < -0.39 is 4.92 Å². The number of aryl methyl sites for hydroxylation is 1. The van der Waals surface area contributed by atoms with Crippen molar-refractivity contribution in [2.24, 2.45) is 0 Å². The largest absolute Gasteiger partial charge is 0.291 e. The first-order valence-corrected chi connectivity index (χ1v) is 6.10. The van der Waals surface area contributed by atoms with Crippen LogP contribution in [0.15, 0.2) is 12.1 Å². The van der Waals surface area contributed by atoms with E-state index in [9.17, 15) is 10.1 Å². The molecule has 0 aliphatic carbocycles. The van der Waals surface area contributed by atoms with Crippen LogP contribution in [0.2, 0.25) is 5.15 Å². The fourth-order valence-electron chi connectivity index (χ4n) is 1.16. The van der Waals surface area contributed by atoms with E-state index in [1.807, 2.05) is 6.08 Å². The topological polar surface area (TPSA) is 56.0 Å². The smallest absolute Gasteiger partial charge is 0.258 e. The molecule has 6 heteroatoms. The van der Waals surface area contributed by atoms with E-state index >= 15 is 0 Å². The van der Waals surface area contributed by atoms with Gasteiger partial charge in [0.15, 0.2) is 0 Å². The highest BCUT2D eigenvalue weighted by Crippen LogP contribution is 2.24. The second kappa shape index (κ2) is 5.96. The lowest BCUT2D eigenvalue weighted by atomic mass is 10.2. The van der Waals surface area contributed by atoms with Gasteiger partial charge in [-0.1, -0.05) is 39.7 Å². The number of nitro groups is 1. The van der Waals surface area contributed by atoms with E-state index in [1.54, 1.807) is 13.0 Å². The van der Waals surface area contributed by atoms with Gasteiger partial charge in [0.2, 0.25) is 0 Å². The molecule has 0 spiro atoms. The van der Waals surface area contributed by atoms with E-state index in [2.05, 4.69) is 20.9 Å². The lowest BCUT2D eigenvalue weighted by Gasteiger charge is -2.01. The Bertz CT molecular complexity index is 435. The Morgan fingerprint density at radius 3 is 2.94 bits per heavy atom. The first kappa shape index (κ1) is 13.1. The standard InChI is InChI=1S/C10H10BrClN2O2/c1-7-9(14(15)16)6-8(10(12)13-7)4-2-3-5-11/h2,4,6H,3,5H2,1H3. The Morgan fingerprint density at radius 1 is 1.69 bits per heavy atom. The molecule has 0 unspecified atom stereocenters. The zero-order valence-corrected chi connectivity index (χ0v) is 11.0. The Hall–Kier alpha value is -0.940. The van der Waals surface area contributed by atoms with Gasteiger partial charge in [-0.2, -0.15) is 0 Å². The summed E-state index contributed by atoms with van der Waals surface area (Å²) >= 11 is 9.17. The SMILES string of the molecule is Cc1nc(Cl)c(C=CCCBr)cc1[N+](=O)[O-]. The van der Waals surface area contributed by atoms with Crippen molar-refractivity contribution in [1.29, 1.82) is 0 Å². The van der Waals surface area contributed by atoms with Crippen LogP contribution in [0.4, 0.5) is 5.69 Å². The molecule has 4 nitrogen and oxygen atoms in total. The van der Waals surface area contributed by atoms with Gasteiger partial charge in [-0.25, -0.2) is 4.98 Å². The molecule has 0 bridgehead atoms. The van der Waals surface area contributed by atoms with Crippen molar-refractivity contribution in [2.45, 2.75) is 13.3 Å². The average Bonchev–Trinajstić information content (AvgIpc) is 2.21. The fourth-order valence-corrected chi connectivity index (χ4v) is 1.66. The van der Waals surface area contributed by atoms with Crippen LogP contribution in [0.5, 0.6) is 0 Å². The van der Waals surface area contributed by atoms with Gasteiger partial charge in [0.25, 0.3) is 5.69 Å². The lowest BCUT2D eigenvalue weighted by Crippen LogP contribution is -1.96. The third kappa shape index (κ3) is 3.28. The van der Waals surface area contributed by atoms with Crippen molar-refractivity contribution in [3.05, 3.63) is 38.7 Å². The average molecular weight is 306 g/mol. The minimum absolute atomic E-state index is 0.0112. The van der Waals surface area contributed by atoms with Gasteiger partial charge in [-0.05, 0) is 13.3 Å². The van der Waals surface area contributed by atoms with Gasteiger partial charge < -0.3 is 0 Å². The Balaban J connectivity index is 3.09. The fraction of sp³-hybridized carbons (Fsp3) is 0.300. The first-order valence-electron chi connectivity index (χ1n) is 4.60. The highest BCUT2D eigenvalue weighted by molar-refractivity contribution is 9.09. The molecule has 0 radical (unpaired) electrons. The van der Waals surface area contributed by atoms with Crippen LogP contribution in [0.1, 0.15) is 17.7 Å². The van der Waals surface area contributed by atoms with Crippen molar-refractivity contribution in [2.75, 3.05) is 5.33 Å². The highest BCUT2D eigenvalue weighted by Gasteiger charge is 2.14. The maximum Gasteiger partial charge on any atom is 0.291 e. The van der Waals surface area contributed by atoms with Crippen molar-refractivity contribution in [3.8, 4) is 0 Å². The Labute approximate surface area is 107 Å².